The Labute approximate surface area is 113 Å². The standard InChI is InChI=1S/C14H20N2OS/c1-2-7-15-14(17)11-4-3-5-12(9-11)16-13-6-8-18-10-13/h3-5,9,13,16H,2,6-8,10H2,1H3,(H,15,17). The highest BCUT2D eigenvalue weighted by Gasteiger charge is 2.15. The Hall–Kier alpha value is -1.16. The molecule has 2 N–H and O–H groups in total. The van der Waals surface area contributed by atoms with Crippen LogP contribution in [0, 0.1) is 0 Å². The minimum absolute atomic E-state index is 0.0151. The predicted octanol–water partition coefficient (Wildman–Crippen LogP) is 2.74. The predicted molar refractivity (Wildman–Crippen MR) is 78.4 cm³/mol. The Morgan fingerprint density at radius 3 is 3.11 bits per heavy atom. The quantitative estimate of drug-likeness (QED) is 0.859. The number of amides is 1. The third-order valence-corrected chi connectivity index (χ3v) is 4.12. The lowest BCUT2D eigenvalue weighted by molar-refractivity contribution is 0.0953. The van der Waals surface area contributed by atoms with E-state index in [4.69, 9.17) is 0 Å². The number of benzene rings is 1. The molecule has 1 fully saturated rings. The Bertz CT molecular complexity index is 403. The van der Waals surface area contributed by atoms with Gasteiger partial charge in [0.2, 0.25) is 0 Å². The van der Waals surface area contributed by atoms with Gasteiger partial charge in [0.15, 0.2) is 0 Å². The summed E-state index contributed by atoms with van der Waals surface area (Å²) in [4.78, 5) is 11.8. The zero-order valence-electron chi connectivity index (χ0n) is 10.7. The van der Waals surface area contributed by atoms with E-state index in [1.165, 1.54) is 12.2 Å². The molecule has 0 spiro atoms. The van der Waals surface area contributed by atoms with Gasteiger partial charge in [-0.2, -0.15) is 11.8 Å². The topological polar surface area (TPSA) is 41.1 Å². The molecule has 1 aliphatic rings. The summed E-state index contributed by atoms with van der Waals surface area (Å²) < 4.78 is 0. The van der Waals surface area contributed by atoms with Gasteiger partial charge in [-0.05, 0) is 36.8 Å². The third kappa shape index (κ3) is 3.67. The van der Waals surface area contributed by atoms with Crippen LogP contribution in [0.2, 0.25) is 0 Å². The first kappa shape index (κ1) is 13.3. The number of nitrogens with one attached hydrogen (secondary N) is 2. The van der Waals surface area contributed by atoms with Gasteiger partial charge in [0.1, 0.15) is 0 Å². The largest absolute Gasteiger partial charge is 0.381 e. The minimum atomic E-state index is 0.0151. The fourth-order valence-corrected chi connectivity index (χ4v) is 3.13. The summed E-state index contributed by atoms with van der Waals surface area (Å²) in [6.07, 6.45) is 2.17. The molecular weight excluding hydrogens is 244 g/mol. The van der Waals surface area contributed by atoms with Crippen LogP contribution < -0.4 is 10.6 Å². The van der Waals surface area contributed by atoms with Crippen molar-refractivity contribution in [2.24, 2.45) is 0 Å². The number of thioether (sulfide) groups is 1. The van der Waals surface area contributed by atoms with Crippen molar-refractivity contribution in [2.75, 3.05) is 23.4 Å². The van der Waals surface area contributed by atoms with Crippen LogP contribution in [0.25, 0.3) is 0 Å². The second-order valence-corrected chi connectivity index (χ2v) is 5.69. The molecule has 0 aliphatic carbocycles. The number of hydrogen-bond acceptors (Lipinski definition) is 3. The summed E-state index contributed by atoms with van der Waals surface area (Å²) in [5, 5.41) is 6.39. The third-order valence-electron chi connectivity index (χ3n) is 2.96. The van der Waals surface area contributed by atoms with Gasteiger partial charge >= 0.3 is 0 Å². The highest BCUT2D eigenvalue weighted by atomic mass is 32.2. The molecule has 1 amide bonds. The van der Waals surface area contributed by atoms with Crippen LogP contribution in [0.15, 0.2) is 24.3 Å². The van der Waals surface area contributed by atoms with Crippen molar-refractivity contribution < 1.29 is 4.79 Å². The molecule has 1 aromatic carbocycles. The Morgan fingerprint density at radius 2 is 2.39 bits per heavy atom. The van der Waals surface area contributed by atoms with Gasteiger partial charge < -0.3 is 10.6 Å². The fraction of sp³-hybridized carbons (Fsp3) is 0.500. The van der Waals surface area contributed by atoms with Crippen molar-refractivity contribution in [1.82, 2.24) is 5.32 Å². The summed E-state index contributed by atoms with van der Waals surface area (Å²) >= 11 is 1.98. The fourth-order valence-electron chi connectivity index (χ4n) is 1.97. The van der Waals surface area contributed by atoms with E-state index in [0.29, 0.717) is 6.04 Å². The van der Waals surface area contributed by atoms with Gasteiger partial charge in [-0.15, -0.1) is 0 Å². The summed E-state index contributed by atoms with van der Waals surface area (Å²) in [5.41, 5.74) is 1.78. The second kappa shape index (κ2) is 6.69. The van der Waals surface area contributed by atoms with Crippen molar-refractivity contribution in [3.8, 4) is 0 Å². The molecule has 2 rings (SSSR count). The molecular formula is C14H20N2OS. The summed E-state index contributed by atoms with van der Waals surface area (Å²) in [5.74, 6) is 2.40. The number of rotatable bonds is 5. The van der Waals surface area contributed by atoms with Crippen LogP contribution in [0.5, 0.6) is 0 Å². The van der Waals surface area contributed by atoms with E-state index in [1.54, 1.807) is 0 Å². The molecule has 4 heteroatoms. The first-order valence-corrected chi connectivity index (χ1v) is 7.67. The average Bonchev–Trinajstić information content (AvgIpc) is 2.89. The molecule has 3 nitrogen and oxygen atoms in total. The molecule has 0 radical (unpaired) electrons. The van der Waals surface area contributed by atoms with Crippen LogP contribution in [-0.2, 0) is 0 Å². The lowest BCUT2D eigenvalue weighted by Crippen LogP contribution is -2.24. The molecule has 1 aliphatic heterocycles. The molecule has 0 saturated carbocycles. The highest BCUT2D eigenvalue weighted by molar-refractivity contribution is 7.99. The van der Waals surface area contributed by atoms with E-state index in [-0.39, 0.29) is 5.91 Å². The van der Waals surface area contributed by atoms with Crippen molar-refractivity contribution in [3.63, 3.8) is 0 Å². The SMILES string of the molecule is CCCNC(=O)c1cccc(NC2CCSC2)c1. The Balaban J connectivity index is 1.97. The maximum Gasteiger partial charge on any atom is 0.251 e. The Morgan fingerprint density at radius 1 is 1.50 bits per heavy atom. The average molecular weight is 264 g/mol. The van der Waals surface area contributed by atoms with Gasteiger partial charge in [-0.1, -0.05) is 13.0 Å². The summed E-state index contributed by atoms with van der Waals surface area (Å²) in [6, 6.07) is 8.31. The molecule has 98 valence electrons. The number of carbonyl (C=O) groups is 1. The summed E-state index contributed by atoms with van der Waals surface area (Å²) in [7, 11) is 0. The lowest BCUT2D eigenvalue weighted by atomic mass is 10.1. The van der Waals surface area contributed by atoms with Crippen molar-refractivity contribution in [2.45, 2.75) is 25.8 Å². The molecule has 1 aromatic rings. The number of hydrogen-bond donors (Lipinski definition) is 2. The molecule has 1 saturated heterocycles. The van der Waals surface area contributed by atoms with Gasteiger partial charge in [-0.25, -0.2) is 0 Å². The van der Waals surface area contributed by atoms with Crippen molar-refractivity contribution in [1.29, 1.82) is 0 Å². The van der Waals surface area contributed by atoms with Crippen LogP contribution >= 0.6 is 11.8 Å². The monoisotopic (exact) mass is 264 g/mol. The van der Waals surface area contributed by atoms with E-state index in [2.05, 4.69) is 17.6 Å². The minimum Gasteiger partial charge on any atom is -0.381 e. The normalized spacial score (nSPS) is 18.6. The molecule has 1 atom stereocenters. The highest BCUT2D eigenvalue weighted by Crippen LogP contribution is 2.21. The number of anilines is 1. The van der Waals surface area contributed by atoms with Gasteiger partial charge in [0, 0.05) is 29.6 Å². The van der Waals surface area contributed by atoms with Crippen LogP contribution in [0.3, 0.4) is 0 Å². The van der Waals surface area contributed by atoms with Gasteiger partial charge in [-0.3, -0.25) is 4.79 Å². The second-order valence-electron chi connectivity index (χ2n) is 4.54. The van der Waals surface area contributed by atoms with E-state index < -0.39 is 0 Å². The molecule has 18 heavy (non-hydrogen) atoms. The first-order chi connectivity index (χ1) is 8.79. The molecule has 1 unspecified atom stereocenters. The zero-order chi connectivity index (χ0) is 12.8. The van der Waals surface area contributed by atoms with Crippen LogP contribution in [-0.4, -0.2) is 30.0 Å². The van der Waals surface area contributed by atoms with Crippen molar-refractivity contribution in [3.05, 3.63) is 29.8 Å². The van der Waals surface area contributed by atoms with Gasteiger partial charge in [0.05, 0.1) is 0 Å². The van der Waals surface area contributed by atoms with Crippen molar-refractivity contribution >= 4 is 23.4 Å². The van der Waals surface area contributed by atoms with Crippen LogP contribution in [0.4, 0.5) is 5.69 Å². The number of carbonyl (C=O) groups excluding carboxylic acids is 1. The van der Waals surface area contributed by atoms with Crippen LogP contribution in [0.1, 0.15) is 30.1 Å². The van der Waals surface area contributed by atoms with E-state index >= 15 is 0 Å². The Kier molecular flexibility index (Phi) is 4.93. The zero-order valence-corrected chi connectivity index (χ0v) is 11.6. The van der Waals surface area contributed by atoms with E-state index in [9.17, 15) is 4.79 Å². The molecule has 1 heterocycles. The first-order valence-electron chi connectivity index (χ1n) is 6.52. The van der Waals surface area contributed by atoms with E-state index in [1.807, 2.05) is 36.0 Å². The van der Waals surface area contributed by atoms with Gasteiger partial charge in [0.25, 0.3) is 5.91 Å². The maximum atomic E-state index is 11.8. The lowest BCUT2D eigenvalue weighted by Gasteiger charge is -2.13. The molecule has 0 bridgehead atoms. The summed E-state index contributed by atoms with van der Waals surface area (Å²) in [6.45, 7) is 2.78. The smallest absolute Gasteiger partial charge is 0.251 e. The maximum absolute atomic E-state index is 11.8. The molecule has 0 aromatic heterocycles. The van der Waals surface area contributed by atoms with E-state index in [0.717, 1.165) is 30.0 Å².